The summed E-state index contributed by atoms with van der Waals surface area (Å²) in [6, 6.07) is 18.2. The molecule has 2 aromatic rings. The van der Waals surface area contributed by atoms with Gasteiger partial charge in [0.1, 0.15) is 0 Å². The van der Waals surface area contributed by atoms with Crippen molar-refractivity contribution >= 4 is 16.9 Å². The molecule has 0 saturated heterocycles. The summed E-state index contributed by atoms with van der Waals surface area (Å²) in [5.74, 6) is 0.640. The molecule has 1 heteroatoms. The summed E-state index contributed by atoms with van der Waals surface area (Å²) in [4.78, 5) is 4.84. The Morgan fingerprint density at radius 3 is 1.47 bits per heavy atom. The Morgan fingerprint density at radius 2 is 1.09 bits per heavy atom. The summed E-state index contributed by atoms with van der Waals surface area (Å²) < 4.78 is 0. The van der Waals surface area contributed by atoms with Crippen LogP contribution in [-0.4, -0.2) is 12.8 Å². The molecule has 0 spiro atoms. The predicted molar refractivity (Wildman–Crippen MR) is 140 cm³/mol. The Labute approximate surface area is 194 Å². The smallest absolute Gasteiger partial charge is 0.0727 e. The zero-order valence-electron chi connectivity index (χ0n) is 21.0. The highest BCUT2D eigenvalue weighted by Gasteiger charge is 2.34. The first-order chi connectivity index (χ1) is 15.0. The Bertz CT molecular complexity index is 1130. The SMILES string of the molecule is CN=C1C(c2ccc(C(C)(C)C)cc2)=CC=C(c2ccc(C(C)(C)C)cc2)C1=C1CC1C. The molecule has 0 radical (unpaired) electrons. The van der Waals surface area contributed by atoms with Crippen molar-refractivity contribution in [1.29, 1.82) is 0 Å². The zero-order valence-corrected chi connectivity index (χ0v) is 21.0. The highest BCUT2D eigenvalue weighted by molar-refractivity contribution is 6.39. The van der Waals surface area contributed by atoms with Crippen LogP contribution >= 0.6 is 0 Å². The molecule has 0 amide bonds. The summed E-state index contributed by atoms with van der Waals surface area (Å²) >= 11 is 0. The number of benzene rings is 2. The van der Waals surface area contributed by atoms with Crippen molar-refractivity contribution in [2.75, 3.05) is 7.05 Å². The molecule has 1 nitrogen and oxygen atoms in total. The lowest BCUT2D eigenvalue weighted by molar-refractivity contribution is 0.590. The monoisotopic (exact) mass is 423 g/mol. The van der Waals surface area contributed by atoms with Gasteiger partial charge in [-0.15, -0.1) is 0 Å². The van der Waals surface area contributed by atoms with Gasteiger partial charge in [-0.1, -0.05) is 115 Å². The molecule has 2 aliphatic carbocycles. The van der Waals surface area contributed by atoms with E-state index in [2.05, 4.69) is 109 Å². The third-order valence-electron chi connectivity index (χ3n) is 6.81. The molecule has 0 N–H and O–H groups in total. The minimum Gasteiger partial charge on any atom is -0.287 e. The number of nitrogens with zero attached hydrogens (tertiary/aromatic N) is 1. The summed E-state index contributed by atoms with van der Waals surface area (Å²) in [5.41, 5.74) is 12.1. The quantitative estimate of drug-likeness (QED) is 0.462. The van der Waals surface area contributed by atoms with Gasteiger partial charge in [0.15, 0.2) is 0 Å². The van der Waals surface area contributed by atoms with Crippen LogP contribution < -0.4 is 0 Å². The van der Waals surface area contributed by atoms with Crippen molar-refractivity contribution in [3.8, 4) is 0 Å². The Kier molecular flexibility index (Phi) is 5.65. The van der Waals surface area contributed by atoms with Crippen molar-refractivity contribution in [2.45, 2.75) is 65.7 Å². The van der Waals surface area contributed by atoms with E-state index in [1.54, 1.807) is 0 Å². The van der Waals surface area contributed by atoms with E-state index in [9.17, 15) is 0 Å². The van der Waals surface area contributed by atoms with Gasteiger partial charge in [-0.05, 0) is 51.0 Å². The van der Waals surface area contributed by atoms with E-state index in [0.717, 1.165) is 5.71 Å². The van der Waals surface area contributed by atoms with E-state index in [4.69, 9.17) is 4.99 Å². The standard InChI is InChI=1S/C31H37N/c1-20-19-27(20)28-25(21-9-13-23(14-10-21)30(2,3)4)17-18-26(29(28)32-8)22-11-15-24(16-12-22)31(5,6)7/h9-18,20H,19H2,1-8H3. The molecule has 32 heavy (non-hydrogen) atoms. The molecular formula is C31H37N. The number of hydrogen-bond acceptors (Lipinski definition) is 1. The Morgan fingerprint density at radius 1 is 0.688 bits per heavy atom. The van der Waals surface area contributed by atoms with Gasteiger partial charge in [-0.25, -0.2) is 0 Å². The van der Waals surface area contributed by atoms with Gasteiger partial charge in [-0.3, -0.25) is 4.99 Å². The maximum absolute atomic E-state index is 4.84. The second-order valence-electron chi connectivity index (χ2n) is 11.4. The predicted octanol–water partition coefficient (Wildman–Crippen LogP) is 8.17. The van der Waals surface area contributed by atoms with Crippen LogP contribution in [-0.2, 0) is 10.8 Å². The highest BCUT2D eigenvalue weighted by Crippen LogP contribution is 2.47. The molecular weight excluding hydrogens is 386 g/mol. The molecule has 0 bridgehead atoms. The average Bonchev–Trinajstić information content (AvgIpc) is 3.47. The van der Waals surface area contributed by atoms with Gasteiger partial charge in [0.25, 0.3) is 0 Å². The lowest BCUT2D eigenvalue weighted by Gasteiger charge is -2.24. The van der Waals surface area contributed by atoms with Gasteiger partial charge in [-0.2, -0.15) is 0 Å². The van der Waals surface area contributed by atoms with Crippen LogP contribution in [0, 0.1) is 5.92 Å². The van der Waals surface area contributed by atoms with Crippen molar-refractivity contribution in [1.82, 2.24) is 0 Å². The summed E-state index contributed by atoms with van der Waals surface area (Å²) in [6.07, 6.45) is 5.74. The topological polar surface area (TPSA) is 12.4 Å². The maximum atomic E-state index is 4.84. The molecule has 0 aliphatic heterocycles. The van der Waals surface area contributed by atoms with Gasteiger partial charge in [0.2, 0.25) is 0 Å². The average molecular weight is 424 g/mol. The van der Waals surface area contributed by atoms with E-state index in [-0.39, 0.29) is 10.8 Å². The van der Waals surface area contributed by atoms with Gasteiger partial charge in [0.05, 0.1) is 5.71 Å². The van der Waals surface area contributed by atoms with Gasteiger partial charge < -0.3 is 0 Å². The van der Waals surface area contributed by atoms with Crippen molar-refractivity contribution < 1.29 is 0 Å². The van der Waals surface area contributed by atoms with Crippen molar-refractivity contribution in [3.63, 3.8) is 0 Å². The van der Waals surface area contributed by atoms with Crippen LogP contribution in [0.2, 0.25) is 0 Å². The van der Waals surface area contributed by atoms with E-state index in [1.807, 2.05) is 7.05 Å². The van der Waals surface area contributed by atoms with E-state index >= 15 is 0 Å². The number of hydrogen-bond donors (Lipinski definition) is 0. The third kappa shape index (κ3) is 4.31. The van der Waals surface area contributed by atoms with E-state index < -0.39 is 0 Å². The van der Waals surface area contributed by atoms with Crippen LogP contribution in [0.4, 0.5) is 0 Å². The normalized spacial score (nSPS) is 22.6. The Hall–Kier alpha value is -2.67. The summed E-state index contributed by atoms with van der Waals surface area (Å²) in [6.45, 7) is 15.9. The van der Waals surface area contributed by atoms with Crippen LogP contribution in [0.1, 0.15) is 77.1 Å². The summed E-state index contributed by atoms with van der Waals surface area (Å²) in [5, 5.41) is 0. The Balaban J connectivity index is 1.80. The van der Waals surface area contributed by atoms with Crippen molar-refractivity contribution in [3.05, 3.63) is 94.1 Å². The fourth-order valence-electron chi connectivity index (χ4n) is 4.54. The number of allylic oxidation sites excluding steroid dienone is 6. The molecule has 0 heterocycles. The van der Waals surface area contributed by atoms with Crippen LogP contribution in [0.15, 0.2) is 76.8 Å². The molecule has 1 unspecified atom stereocenters. The van der Waals surface area contributed by atoms with Crippen LogP contribution in [0.25, 0.3) is 11.1 Å². The maximum Gasteiger partial charge on any atom is 0.0727 e. The molecule has 1 fully saturated rings. The molecule has 1 atom stereocenters. The molecule has 1 saturated carbocycles. The minimum atomic E-state index is 0.157. The molecule has 2 aromatic carbocycles. The first kappa shape index (κ1) is 22.5. The zero-order chi connectivity index (χ0) is 23.3. The first-order valence-corrected chi connectivity index (χ1v) is 11.9. The van der Waals surface area contributed by atoms with Crippen LogP contribution in [0.5, 0.6) is 0 Å². The molecule has 0 aromatic heterocycles. The lowest BCUT2D eigenvalue weighted by atomic mass is 9.80. The van der Waals surface area contributed by atoms with Gasteiger partial charge >= 0.3 is 0 Å². The number of aliphatic imine (C=N–C) groups is 1. The summed E-state index contributed by atoms with van der Waals surface area (Å²) in [7, 11) is 1.94. The number of rotatable bonds is 2. The fraction of sp³-hybridized carbons (Fsp3) is 0.387. The largest absolute Gasteiger partial charge is 0.287 e. The lowest BCUT2D eigenvalue weighted by Crippen LogP contribution is -2.14. The fourth-order valence-corrected chi connectivity index (χ4v) is 4.54. The minimum absolute atomic E-state index is 0.157. The van der Waals surface area contributed by atoms with Crippen molar-refractivity contribution in [2.24, 2.45) is 10.9 Å². The first-order valence-electron chi connectivity index (χ1n) is 11.9. The molecule has 2 aliphatic rings. The van der Waals surface area contributed by atoms with E-state index in [0.29, 0.717) is 5.92 Å². The van der Waals surface area contributed by atoms with E-state index in [1.165, 1.54) is 51.0 Å². The van der Waals surface area contributed by atoms with Crippen LogP contribution in [0.3, 0.4) is 0 Å². The second-order valence-corrected chi connectivity index (χ2v) is 11.4. The third-order valence-corrected chi connectivity index (χ3v) is 6.81. The van der Waals surface area contributed by atoms with Gasteiger partial charge in [0, 0.05) is 18.2 Å². The molecule has 4 rings (SSSR count). The second kappa shape index (κ2) is 8.03. The molecule has 166 valence electrons. The highest BCUT2D eigenvalue weighted by atomic mass is 14.7.